The van der Waals surface area contributed by atoms with Gasteiger partial charge in [0.2, 0.25) is 11.7 Å². The van der Waals surface area contributed by atoms with Crippen LogP contribution in [0.4, 0.5) is 0 Å². The molecule has 6 rings (SSSR count). The number of amides is 1. The first kappa shape index (κ1) is 35.0. The Kier molecular flexibility index (Phi) is 10.8. The Morgan fingerprint density at radius 2 is 1.24 bits per heavy atom. The molecule has 1 atom stereocenters. The molecule has 5 aromatic carbocycles. The van der Waals surface area contributed by atoms with Gasteiger partial charge >= 0.3 is 5.97 Å². The third-order valence-electron chi connectivity index (χ3n) is 9.36. The molecule has 6 aromatic rings. The fourth-order valence-electron chi connectivity index (χ4n) is 6.86. The number of carboxylic acids is 1. The van der Waals surface area contributed by atoms with Crippen molar-refractivity contribution in [2.75, 3.05) is 0 Å². The van der Waals surface area contributed by atoms with E-state index >= 15 is 0 Å². The number of carboxylic acid groups (broad SMARTS) is 1. The van der Waals surface area contributed by atoms with Crippen LogP contribution in [0.2, 0.25) is 0 Å². The molecule has 0 spiro atoms. The molecule has 1 amide bonds. The molecule has 8 nitrogen and oxygen atoms in total. The second-order valence-corrected chi connectivity index (χ2v) is 13.1. The molecule has 1 N–H and O–H groups in total. The molecule has 0 saturated heterocycles. The number of carbonyl (C=O) groups is 2. The van der Waals surface area contributed by atoms with Crippen LogP contribution in [0, 0.1) is 5.92 Å². The first-order valence-electron chi connectivity index (χ1n) is 17.5. The molecule has 0 fully saturated rings. The van der Waals surface area contributed by atoms with Crippen LogP contribution in [0.5, 0.6) is 0 Å². The van der Waals surface area contributed by atoms with Crippen molar-refractivity contribution >= 4 is 11.9 Å². The Morgan fingerprint density at radius 3 is 1.73 bits per heavy atom. The Hall–Kier alpha value is -5.89. The summed E-state index contributed by atoms with van der Waals surface area (Å²) < 4.78 is 0. The standard InChI is InChI=1S/C43H43N5O3/c1-4-5-25-39(49)47(40(31(2)3)42(50)51)30-32-26-28-33(29-27-32)37-23-15-16-24-38(37)41-44-46-48(45-41)43(34-17-9-6-10-18-34,35-19-11-7-12-20-35)36-21-13-8-14-22-36/h6-24,26-29,31,40H,4-5,25,30H2,1-3H3,(H,50,51)/t40-/m0/s1. The zero-order valence-corrected chi connectivity index (χ0v) is 29.3. The Morgan fingerprint density at radius 1 is 0.725 bits per heavy atom. The van der Waals surface area contributed by atoms with Crippen molar-refractivity contribution in [2.24, 2.45) is 5.92 Å². The molecule has 0 aliphatic carbocycles. The summed E-state index contributed by atoms with van der Waals surface area (Å²) in [6, 6.07) is 45.7. The van der Waals surface area contributed by atoms with Crippen molar-refractivity contribution in [3.8, 4) is 22.5 Å². The Balaban J connectivity index is 1.39. The maximum absolute atomic E-state index is 13.2. The second kappa shape index (κ2) is 15.8. The average molecular weight is 678 g/mol. The molecule has 1 heterocycles. The van der Waals surface area contributed by atoms with Gasteiger partial charge in [0.25, 0.3) is 0 Å². The van der Waals surface area contributed by atoms with Gasteiger partial charge in [-0.05, 0) is 50.9 Å². The van der Waals surface area contributed by atoms with Crippen molar-refractivity contribution in [1.29, 1.82) is 0 Å². The van der Waals surface area contributed by atoms with Crippen LogP contribution in [0.25, 0.3) is 22.5 Å². The third kappa shape index (κ3) is 7.22. The van der Waals surface area contributed by atoms with Gasteiger partial charge in [-0.25, -0.2) is 4.79 Å². The van der Waals surface area contributed by atoms with Gasteiger partial charge in [-0.1, -0.05) is 167 Å². The minimum absolute atomic E-state index is 0.140. The number of carbonyl (C=O) groups excluding carboxylic acids is 1. The lowest BCUT2D eigenvalue weighted by atomic mass is 9.77. The van der Waals surface area contributed by atoms with Crippen LogP contribution in [-0.4, -0.2) is 48.1 Å². The van der Waals surface area contributed by atoms with Crippen LogP contribution in [-0.2, 0) is 21.7 Å². The van der Waals surface area contributed by atoms with Crippen LogP contribution >= 0.6 is 0 Å². The highest BCUT2D eigenvalue weighted by molar-refractivity contribution is 5.84. The topological polar surface area (TPSA) is 101 Å². The summed E-state index contributed by atoms with van der Waals surface area (Å²) in [7, 11) is 0. The summed E-state index contributed by atoms with van der Waals surface area (Å²) in [6.45, 7) is 5.92. The molecule has 0 bridgehead atoms. The predicted molar refractivity (Wildman–Crippen MR) is 200 cm³/mol. The summed E-state index contributed by atoms with van der Waals surface area (Å²) in [6.07, 6.45) is 1.91. The van der Waals surface area contributed by atoms with Gasteiger partial charge in [-0.15, -0.1) is 15.0 Å². The van der Waals surface area contributed by atoms with E-state index in [-0.39, 0.29) is 18.4 Å². The van der Waals surface area contributed by atoms with Crippen LogP contribution < -0.4 is 0 Å². The van der Waals surface area contributed by atoms with Crippen LogP contribution in [0.15, 0.2) is 140 Å². The van der Waals surface area contributed by atoms with Gasteiger partial charge in [0.05, 0.1) is 0 Å². The zero-order chi connectivity index (χ0) is 35.8. The van der Waals surface area contributed by atoms with Crippen molar-refractivity contribution in [1.82, 2.24) is 25.1 Å². The largest absolute Gasteiger partial charge is 0.480 e. The summed E-state index contributed by atoms with van der Waals surface area (Å²) in [5, 5.41) is 24.5. The van der Waals surface area contributed by atoms with Crippen LogP contribution in [0.3, 0.4) is 0 Å². The molecule has 0 radical (unpaired) electrons. The first-order chi connectivity index (χ1) is 24.8. The van der Waals surface area contributed by atoms with Crippen molar-refractivity contribution in [3.63, 3.8) is 0 Å². The molecular weight excluding hydrogens is 635 g/mol. The van der Waals surface area contributed by atoms with Gasteiger partial charge in [0.15, 0.2) is 5.54 Å². The lowest BCUT2D eigenvalue weighted by Crippen LogP contribution is -2.47. The lowest BCUT2D eigenvalue weighted by molar-refractivity contribution is -0.153. The second-order valence-electron chi connectivity index (χ2n) is 13.1. The maximum Gasteiger partial charge on any atom is 0.326 e. The van der Waals surface area contributed by atoms with Gasteiger partial charge in [0.1, 0.15) is 6.04 Å². The number of nitrogens with zero attached hydrogens (tertiary/aromatic N) is 5. The van der Waals surface area contributed by atoms with E-state index in [9.17, 15) is 14.7 Å². The Labute approximate surface area is 299 Å². The average Bonchev–Trinajstić information content (AvgIpc) is 3.66. The summed E-state index contributed by atoms with van der Waals surface area (Å²) >= 11 is 0. The number of hydrogen-bond donors (Lipinski definition) is 1. The van der Waals surface area contributed by atoms with Gasteiger partial charge in [0, 0.05) is 18.5 Å². The summed E-state index contributed by atoms with van der Waals surface area (Å²) in [5.74, 6) is -0.879. The molecule has 0 aliphatic rings. The van der Waals surface area contributed by atoms with E-state index in [2.05, 4.69) is 41.5 Å². The SMILES string of the molecule is CCCCC(=O)N(Cc1ccc(-c2ccccc2-c2nnn(C(c3ccccc3)(c3ccccc3)c3ccccc3)n2)cc1)[C@H](C(=O)O)C(C)C. The zero-order valence-electron chi connectivity index (χ0n) is 29.3. The highest BCUT2D eigenvalue weighted by Crippen LogP contribution is 2.40. The number of unbranched alkanes of at least 4 members (excludes halogenated alkanes) is 1. The Bertz CT molecular complexity index is 1950. The number of benzene rings is 5. The van der Waals surface area contributed by atoms with Gasteiger partial charge < -0.3 is 10.0 Å². The highest BCUT2D eigenvalue weighted by Gasteiger charge is 2.41. The first-order valence-corrected chi connectivity index (χ1v) is 17.5. The molecule has 8 heteroatoms. The van der Waals surface area contributed by atoms with Crippen LogP contribution in [0.1, 0.15) is 62.3 Å². The van der Waals surface area contributed by atoms with Crippen molar-refractivity contribution in [2.45, 2.75) is 58.2 Å². The van der Waals surface area contributed by atoms with E-state index in [1.54, 1.807) is 4.80 Å². The van der Waals surface area contributed by atoms with E-state index in [4.69, 9.17) is 10.3 Å². The highest BCUT2D eigenvalue weighted by atomic mass is 16.4. The van der Waals surface area contributed by atoms with Crippen molar-refractivity contribution < 1.29 is 14.7 Å². The quantitative estimate of drug-likeness (QED) is 0.116. The van der Waals surface area contributed by atoms with E-state index in [0.29, 0.717) is 12.2 Å². The number of tetrazole rings is 1. The molecular formula is C43H43N5O3. The molecule has 258 valence electrons. The summed E-state index contributed by atoms with van der Waals surface area (Å²) in [4.78, 5) is 28.7. The number of rotatable bonds is 14. The lowest BCUT2D eigenvalue weighted by Gasteiger charge is -2.34. The fraction of sp³-hybridized carbons (Fsp3) is 0.233. The third-order valence-corrected chi connectivity index (χ3v) is 9.36. The molecule has 0 unspecified atom stereocenters. The predicted octanol–water partition coefficient (Wildman–Crippen LogP) is 8.48. The number of aromatic nitrogens is 4. The van der Waals surface area contributed by atoms with E-state index < -0.39 is 17.6 Å². The minimum atomic E-state index is -0.989. The van der Waals surface area contributed by atoms with E-state index in [1.807, 2.05) is 124 Å². The maximum atomic E-state index is 13.2. The minimum Gasteiger partial charge on any atom is -0.480 e. The number of aliphatic carboxylic acids is 1. The summed E-state index contributed by atoms with van der Waals surface area (Å²) in [5.41, 5.74) is 5.65. The smallest absolute Gasteiger partial charge is 0.326 e. The fourth-order valence-corrected chi connectivity index (χ4v) is 6.86. The van der Waals surface area contributed by atoms with Gasteiger partial charge in [-0.2, -0.15) is 0 Å². The molecule has 0 aliphatic heterocycles. The number of hydrogen-bond acceptors (Lipinski definition) is 5. The molecule has 51 heavy (non-hydrogen) atoms. The van der Waals surface area contributed by atoms with Gasteiger partial charge in [-0.3, -0.25) is 4.79 Å². The van der Waals surface area contributed by atoms with E-state index in [1.165, 1.54) is 4.90 Å². The molecule has 0 saturated carbocycles. The molecule has 1 aromatic heterocycles. The monoisotopic (exact) mass is 677 g/mol. The normalized spacial score (nSPS) is 12.1. The van der Waals surface area contributed by atoms with Crippen molar-refractivity contribution in [3.05, 3.63) is 162 Å². The van der Waals surface area contributed by atoms with E-state index in [0.717, 1.165) is 51.8 Å².